The zero-order valence-electron chi connectivity index (χ0n) is 21.1. The van der Waals surface area contributed by atoms with Crippen LogP contribution in [0, 0.1) is 6.92 Å². The van der Waals surface area contributed by atoms with Gasteiger partial charge < -0.3 is 10.2 Å². The molecule has 0 aromatic heterocycles. The monoisotopic (exact) mass is 431 g/mol. The summed E-state index contributed by atoms with van der Waals surface area (Å²) in [5, 5.41) is 3.56. The number of allylic oxidation sites excluding steroid dienone is 5. The number of benzene rings is 1. The summed E-state index contributed by atoms with van der Waals surface area (Å²) < 4.78 is 0. The van der Waals surface area contributed by atoms with E-state index >= 15 is 0 Å². The molecule has 1 rings (SSSR count). The zero-order chi connectivity index (χ0) is 24.3. The van der Waals surface area contributed by atoms with Crippen molar-refractivity contribution in [1.82, 2.24) is 10.2 Å². The van der Waals surface area contributed by atoms with Crippen LogP contribution in [0.5, 0.6) is 0 Å². The number of hydrogen-bond donors (Lipinski definition) is 1. The predicted molar refractivity (Wildman–Crippen MR) is 143 cm³/mol. The molecular weight excluding hydrogens is 390 g/mol. The number of rotatable bonds is 11. The lowest BCUT2D eigenvalue weighted by Crippen LogP contribution is -2.35. The molecule has 0 unspecified atom stereocenters. The second-order valence-corrected chi connectivity index (χ2v) is 8.33. The number of nitrogens with one attached hydrogen (secondary N) is 1. The van der Waals surface area contributed by atoms with Gasteiger partial charge in [0.1, 0.15) is 5.84 Å². The van der Waals surface area contributed by atoms with E-state index in [0.717, 1.165) is 41.2 Å². The van der Waals surface area contributed by atoms with E-state index in [1.54, 1.807) is 6.08 Å². The molecule has 0 bridgehead atoms. The SMILES string of the molecule is C=C/C(=C\C(C)=C/C)C(=C)/N=C(\C(C=C)=C(/C)NCCc1ccc(C)cc1)N(C)C(C)C. The lowest BCUT2D eigenvalue weighted by atomic mass is 10.1. The molecular formula is C29H41N3. The van der Waals surface area contributed by atoms with Gasteiger partial charge in [0.15, 0.2) is 0 Å². The standard InChI is InChI=1S/C29H41N3/c1-11-22(6)20-27(12-2)24(8)31-29(32(10)21(4)5)28(13-3)25(9)30-19-18-26-16-14-23(7)15-17-26/h11-17,20-21,30H,2-3,8,18-19H2,1,4-7,9-10H3/b22-11-,27-20+,28-25+,31-29+. The molecule has 3 nitrogen and oxygen atoms in total. The minimum atomic E-state index is 0.269. The Hall–Kier alpha value is -3.07. The summed E-state index contributed by atoms with van der Waals surface area (Å²) in [7, 11) is 2.05. The van der Waals surface area contributed by atoms with E-state index in [1.807, 2.05) is 20.0 Å². The average molecular weight is 432 g/mol. The van der Waals surface area contributed by atoms with Crippen molar-refractivity contribution in [3.05, 3.63) is 108 Å². The number of aliphatic imine (C=N–C) groups is 1. The van der Waals surface area contributed by atoms with Gasteiger partial charge >= 0.3 is 0 Å². The van der Waals surface area contributed by atoms with Crippen molar-refractivity contribution in [2.24, 2.45) is 4.99 Å². The van der Waals surface area contributed by atoms with Crippen molar-refractivity contribution in [2.75, 3.05) is 13.6 Å². The maximum Gasteiger partial charge on any atom is 0.138 e. The normalized spacial score (nSPS) is 13.6. The zero-order valence-corrected chi connectivity index (χ0v) is 21.1. The average Bonchev–Trinajstić information content (AvgIpc) is 2.77. The summed E-state index contributed by atoms with van der Waals surface area (Å²) in [5.74, 6) is 0.839. The van der Waals surface area contributed by atoms with Gasteiger partial charge in [0.2, 0.25) is 0 Å². The van der Waals surface area contributed by atoms with Crippen LogP contribution in [0.2, 0.25) is 0 Å². The van der Waals surface area contributed by atoms with Crippen molar-refractivity contribution >= 4 is 5.84 Å². The predicted octanol–water partition coefficient (Wildman–Crippen LogP) is 6.92. The fourth-order valence-corrected chi connectivity index (χ4v) is 3.01. The second kappa shape index (κ2) is 13.4. The number of aryl methyl sites for hydroxylation is 1. The van der Waals surface area contributed by atoms with E-state index in [1.165, 1.54) is 11.1 Å². The summed E-state index contributed by atoms with van der Waals surface area (Å²) in [4.78, 5) is 7.09. The largest absolute Gasteiger partial charge is 0.388 e. The molecule has 0 aliphatic carbocycles. The molecule has 0 radical (unpaired) electrons. The van der Waals surface area contributed by atoms with E-state index in [9.17, 15) is 0 Å². The Morgan fingerprint density at radius 2 is 1.75 bits per heavy atom. The van der Waals surface area contributed by atoms with Crippen molar-refractivity contribution < 1.29 is 0 Å². The van der Waals surface area contributed by atoms with Crippen LogP contribution in [0.15, 0.2) is 101 Å². The summed E-state index contributed by atoms with van der Waals surface area (Å²) in [6.07, 6.45) is 8.73. The molecule has 0 atom stereocenters. The second-order valence-electron chi connectivity index (χ2n) is 8.33. The van der Waals surface area contributed by atoms with Gasteiger partial charge in [0.05, 0.1) is 5.70 Å². The van der Waals surface area contributed by atoms with Crippen LogP contribution in [0.4, 0.5) is 0 Å². The van der Waals surface area contributed by atoms with Gasteiger partial charge in [-0.25, -0.2) is 4.99 Å². The Balaban J connectivity index is 3.24. The van der Waals surface area contributed by atoms with E-state index in [2.05, 4.69) is 101 Å². The van der Waals surface area contributed by atoms with Crippen LogP contribution < -0.4 is 5.32 Å². The fourth-order valence-electron chi connectivity index (χ4n) is 3.01. The lowest BCUT2D eigenvalue weighted by molar-refractivity contribution is 0.417. The quantitative estimate of drug-likeness (QED) is 0.234. The van der Waals surface area contributed by atoms with Crippen LogP contribution in [0.3, 0.4) is 0 Å². The maximum atomic E-state index is 4.94. The number of nitrogens with zero attached hydrogens (tertiary/aromatic N) is 2. The lowest BCUT2D eigenvalue weighted by Gasteiger charge is -2.28. The van der Waals surface area contributed by atoms with E-state index in [0.29, 0.717) is 5.70 Å². The van der Waals surface area contributed by atoms with Crippen molar-refractivity contribution in [3.8, 4) is 0 Å². The Bertz CT molecular complexity index is 922. The molecule has 0 saturated carbocycles. The number of hydrogen-bond acceptors (Lipinski definition) is 2. The van der Waals surface area contributed by atoms with Gasteiger partial charge in [-0.1, -0.05) is 79.4 Å². The third-order valence-corrected chi connectivity index (χ3v) is 5.51. The van der Waals surface area contributed by atoms with Crippen molar-refractivity contribution in [2.45, 2.75) is 54.0 Å². The van der Waals surface area contributed by atoms with E-state index in [-0.39, 0.29) is 6.04 Å². The minimum absolute atomic E-state index is 0.269. The summed E-state index contributed by atoms with van der Waals surface area (Å²) in [5.41, 5.74) is 7.33. The molecule has 0 spiro atoms. The highest BCUT2D eigenvalue weighted by molar-refractivity contribution is 6.02. The number of likely N-dealkylation sites (N-methyl/N-ethyl adjacent to an activating group) is 1. The van der Waals surface area contributed by atoms with Crippen LogP contribution >= 0.6 is 0 Å². The smallest absolute Gasteiger partial charge is 0.138 e. The molecule has 1 aromatic rings. The molecule has 0 saturated heterocycles. The van der Waals surface area contributed by atoms with Crippen LogP contribution in [-0.2, 0) is 6.42 Å². The highest BCUT2D eigenvalue weighted by Gasteiger charge is 2.16. The van der Waals surface area contributed by atoms with Gasteiger partial charge in [-0.05, 0) is 59.1 Å². The number of amidine groups is 1. The molecule has 0 aliphatic heterocycles. The Labute approximate surface area is 196 Å². The van der Waals surface area contributed by atoms with Gasteiger partial charge in [0, 0.05) is 30.9 Å². The Morgan fingerprint density at radius 3 is 2.25 bits per heavy atom. The molecule has 1 N–H and O–H groups in total. The highest BCUT2D eigenvalue weighted by Crippen LogP contribution is 2.19. The molecule has 3 heteroatoms. The molecule has 32 heavy (non-hydrogen) atoms. The molecule has 0 amide bonds. The molecule has 0 heterocycles. The van der Waals surface area contributed by atoms with Crippen LogP contribution in [0.1, 0.15) is 45.7 Å². The first kappa shape index (κ1) is 27.0. The van der Waals surface area contributed by atoms with Crippen LogP contribution in [-0.4, -0.2) is 30.4 Å². The molecule has 0 fully saturated rings. The van der Waals surface area contributed by atoms with E-state index < -0.39 is 0 Å². The van der Waals surface area contributed by atoms with Crippen LogP contribution in [0.25, 0.3) is 0 Å². The Morgan fingerprint density at radius 1 is 1.12 bits per heavy atom. The first-order valence-corrected chi connectivity index (χ1v) is 11.3. The summed E-state index contributed by atoms with van der Waals surface area (Å²) in [6.45, 7) is 25.6. The minimum Gasteiger partial charge on any atom is -0.388 e. The third-order valence-electron chi connectivity index (χ3n) is 5.51. The Kier molecular flexibility index (Phi) is 11.3. The fraction of sp³-hybridized carbons (Fsp3) is 0.345. The van der Waals surface area contributed by atoms with Gasteiger partial charge in [0.25, 0.3) is 0 Å². The van der Waals surface area contributed by atoms with E-state index in [4.69, 9.17) is 4.99 Å². The van der Waals surface area contributed by atoms with Crippen molar-refractivity contribution in [1.29, 1.82) is 0 Å². The molecule has 172 valence electrons. The maximum absolute atomic E-state index is 4.94. The van der Waals surface area contributed by atoms with Gasteiger partial charge in [-0.3, -0.25) is 0 Å². The topological polar surface area (TPSA) is 27.6 Å². The summed E-state index contributed by atoms with van der Waals surface area (Å²) in [6, 6.07) is 8.95. The highest BCUT2D eigenvalue weighted by atomic mass is 15.2. The molecule has 1 aromatic carbocycles. The van der Waals surface area contributed by atoms with Crippen molar-refractivity contribution in [3.63, 3.8) is 0 Å². The first-order valence-electron chi connectivity index (χ1n) is 11.3. The summed E-state index contributed by atoms with van der Waals surface area (Å²) >= 11 is 0. The first-order chi connectivity index (χ1) is 15.1. The van der Waals surface area contributed by atoms with Gasteiger partial charge in [-0.15, -0.1) is 0 Å². The van der Waals surface area contributed by atoms with Gasteiger partial charge in [-0.2, -0.15) is 0 Å². The molecule has 0 aliphatic rings. The third kappa shape index (κ3) is 8.22.